The Balaban J connectivity index is 2.26. The Hall–Kier alpha value is -1.02. The highest BCUT2D eigenvalue weighted by Crippen LogP contribution is 2.41. The number of aliphatic hydroxyl groups excluding tert-OH is 1. The molecule has 2 nitrogen and oxygen atoms in total. The summed E-state index contributed by atoms with van der Waals surface area (Å²) >= 11 is 0. The Morgan fingerprint density at radius 3 is 2.64 bits per heavy atom. The number of aliphatic hydroxyl groups is 1. The molecule has 0 heterocycles. The molecule has 0 spiro atoms. The van der Waals surface area contributed by atoms with E-state index in [1.807, 2.05) is 6.07 Å². The van der Waals surface area contributed by atoms with Gasteiger partial charge in [-0.2, -0.15) is 0 Å². The number of ether oxygens (including phenoxy) is 1. The minimum atomic E-state index is -0.106. The second-order valence-electron chi connectivity index (χ2n) is 4.07. The maximum Gasteiger partial charge on any atom is 0.122 e. The fourth-order valence-electron chi connectivity index (χ4n) is 2.01. The van der Waals surface area contributed by atoms with E-state index in [4.69, 9.17) is 4.74 Å². The van der Waals surface area contributed by atoms with Gasteiger partial charge in [-0.1, -0.05) is 17.7 Å². The van der Waals surface area contributed by atoms with Crippen molar-refractivity contribution in [2.75, 3.05) is 7.11 Å². The zero-order valence-electron chi connectivity index (χ0n) is 8.66. The molecule has 1 saturated carbocycles. The van der Waals surface area contributed by atoms with E-state index in [2.05, 4.69) is 19.1 Å². The molecule has 0 aromatic heterocycles. The number of methoxy groups -OCH3 is 1. The Labute approximate surface area is 84.5 Å². The van der Waals surface area contributed by atoms with Gasteiger partial charge in [0.15, 0.2) is 0 Å². The van der Waals surface area contributed by atoms with Crippen LogP contribution in [0.3, 0.4) is 0 Å². The lowest BCUT2D eigenvalue weighted by Gasteiger charge is -2.32. The summed E-state index contributed by atoms with van der Waals surface area (Å²) in [6, 6.07) is 6.22. The molecule has 0 amide bonds. The minimum Gasteiger partial charge on any atom is -0.496 e. The summed E-state index contributed by atoms with van der Waals surface area (Å²) < 4.78 is 5.31. The number of aryl methyl sites for hydroxylation is 1. The van der Waals surface area contributed by atoms with Crippen LogP contribution in [0, 0.1) is 6.92 Å². The van der Waals surface area contributed by atoms with Crippen molar-refractivity contribution in [1.82, 2.24) is 0 Å². The van der Waals surface area contributed by atoms with Gasteiger partial charge in [0, 0.05) is 0 Å². The number of rotatable bonds is 2. The van der Waals surface area contributed by atoms with Gasteiger partial charge in [-0.25, -0.2) is 0 Å². The van der Waals surface area contributed by atoms with Gasteiger partial charge in [-0.05, 0) is 37.3 Å². The molecule has 0 atom stereocenters. The van der Waals surface area contributed by atoms with E-state index in [1.165, 1.54) is 11.1 Å². The lowest BCUT2D eigenvalue weighted by Crippen LogP contribution is -2.26. The highest BCUT2D eigenvalue weighted by Gasteiger charge is 2.30. The quantitative estimate of drug-likeness (QED) is 0.778. The van der Waals surface area contributed by atoms with E-state index in [0.29, 0.717) is 5.92 Å². The molecule has 1 N–H and O–H groups in total. The number of hydrogen-bond acceptors (Lipinski definition) is 2. The van der Waals surface area contributed by atoms with E-state index in [-0.39, 0.29) is 6.10 Å². The zero-order valence-corrected chi connectivity index (χ0v) is 8.66. The van der Waals surface area contributed by atoms with E-state index < -0.39 is 0 Å². The van der Waals surface area contributed by atoms with Crippen LogP contribution in [0.2, 0.25) is 0 Å². The number of hydrogen-bond donors (Lipinski definition) is 1. The van der Waals surface area contributed by atoms with Crippen molar-refractivity contribution in [2.24, 2.45) is 0 Å². The normalized spacial score (nSPS) is 25.6. The Morgan fingerprint density at radius 2 is 2.07 bits per heavy atom. The van der Waals surface area contributed by atoms with Crippen molar-refractivity contribution in [3.8, 4) is 5.75 Å². The van der Waals surface area contributed by atoms with Crippen LogP contribution in [0.25, 0.3) is 0 Å². The highest BCUT2D eigenvalue weighted by atomic mass is 16.5. The van der Waals surface area contributed by atoms with Crippen molar-refractivity contribution in [2.45, 2.75) is 31.8 Å². The lowest BCUT2D eigenvalue weighted by atomic mass is 9.77. The largest absolute Gasteiger partial charge is 0.496 e. The van der Waals surface area contributed by atoms with Crippen molar-refractivity contribution >= 4 is 0 Å². The first kappa shape index (κ1) is 9.53. The van der Waals surface area contributed by atoms with Crippen LogP contribution in [0.1, 0.15) is 29.9 Å². The molecule has 2 heteroatoms. The van der Waals surface area contributed by atoms with Gasteiger partial charge in [0.1, 0.15) is 5.75 Å². The second-order valence-corrected chi connectivity index (χ2v) is 4.07. The van der Waals surface area contributed by atoms with Crippen LogP contribution in [-0.4, -0.2) is 18.3 Å². The molecule has 76 valence electrons. The van der Waals surface area contributed by atoms with E-state index in [0.717, 1.165) is 18.6 Å². The van der Waals surface area contributed by atoms with Gasteiger partial charge in [-0.15, -0.1) is 0 Å². The third-order valence-corrected chi connectivity index (χ3v) is 2.94. The molecular weight excluding hydrogens is 176 g/mol. The predicted octanol–water partition coefficient (Wildman–Crippen LogP) is 2.24. The SMILES string of the molecule is COc1ccc(C)cc1C1CC(O)C1. The Kier molecular flexibility index (Phi) is 2.46. The number of benzene rings is 1. The zero-order chi connectivity index (χ0) is 10.1. The van der Waals surface area contributed by atoms with Crippen LogP contribution in [0.4, 0.5) is 0 Å². The standard InChI is InChI=1S/C12H16O2/c1-8-3-4-12(14-2)11(5-8)9-6-10(13)7-9/h3-5,9-10,13H,6-7H2,1-2H3. The fraction of sp³-hybridized carbons (Fsp3) is 0.500. The van der Waals surface area contributed by atoms with Crippen molar-refractivity contribution < 1.29 is 9.84 Å². The van der Waals surface area contributed by atoms with Gasteiger partial charge < -0.3 is 9.84 Å². The molecule has 14 heavy (non-hydrogen) atoms. The first-order valence-corrected chi connectivity index (χ1v) is 5.03. The smallest absolute Gasteiger partial charge is 0.122 e. The fourth-order valence-corrected chi connectivity index (χ4v) is 2.01. The first-order valence-electron chi connectivity index (χ1n) is 5.03. The van der Waals surface area contributed by atoms with Gasteiger partial charge in [0.25, 0.3) is 0 Å². The molecule has 0 bridgehead atoms. The first-order chi connectivity index (χ1) is 6.70. The van der Waals surface area contributed by atoms with Crippen LogP contribution in [-0.2, 0) is 0 Å². The lowest BCUT2D eigenvalue weighted by molar-refractivity contribution is 0.0738. The van der Waals surface area contributed by atoms with Gasteiger partial charge in [0.05, 0.1) is 13.2 Å². The molecule has 1 fully saturated rings. The van der Waals surface area contributed by atoms with Crippen LogP contribution in [0.5, 0.6) is 5.75 Å². The van der Waals surface area contributed by atoms with Crippen LogP contribution >= 0.6 is 0 Å². The molecule has 0 unspecified atom stereocenters. The molecule has 0 aliphatic heterocycles. The van der Waals surface area contributed by atoms with Crippen LogP contribution in [0.15, 0.2) is 18.2 Å². The summed E-state index contributed by atoms with van der Waals surface area (Å²) in [6.07, 6.45) is 1.64. The molecule has 1 aliphatic carbocycles. The van der Waals surface area contributed by atoms with Crippen molar-refractivity contribution in [3.63, 3.8) is 0 Å². The predicted molar refractivity (Wildman–Crippen MR) is 55.7 cm³/mol. The van der Waals surface area contributed by atoms with Crippen LogP contribution < -0.4 is 4.74 Å². The molecular formula is C12H16O2. The van der Waals surface area contributed by atoms with Gasteiger partial charge in [0.2, 0.25) is 0 Å². The highest BCUT2D eigenvalue weighted by molar-refractivity contribution is 5.40. The third-order valence-electron chi connectivity index (χ3n) is 2.94. The summed E-state index contributed by atoms with van der Waals surface area (Å²) in [5.74, 6) is 1.44. The maximum atomic E-state index is 9.27. The summed E-state index contributed by atoms with van der Waals surface area (Å²) in [5, 5.41) is 9.27. The Bertz CT molecular complexity index is 327. The topological polar surface area (TPSA) is 29.5 Å². The molecule has 1 aromatic carbocycles. The molecule has 1 aliphatic rings. The molecule has 1 aromatic rings. The summed E-state index contributed by atoms with van der Waals surface area (Å²) in [7, 11) is 1.70. The molecule has 0 saturated heterocycles. The van der Waals surface area contributed by atoms with E-state index in [1.54, 1.807) is 7.11 Å². The summed E-state index contributed by atoms with van der Waals surface area (Å²) in [4.78, 5) is 0. The molecule has 2 rings (SSSR count). The molecule has 0 radical (unpaired) electrons. The summed E-state index contributed by atoms with van der Waals surface area (Å²) in [5.41, 5.74) is 2.50. The van der Waals surface area contributed by atoms with E-state index >= 15 is 0 Å². The maximum absolute atomic E-state index is 9.27. The van der Waals surface area contributed by atoms with E-state index in [9.17, 15) is 5.11 Å². The summed E-state index contributed by atoms with van der Waals surface area (Å²) in [6.45, 7) is 2.08. The monoisotopic (exact) mass is 192 g/mol. The average Bonchev–Trinajstić information content (AvgIpc) is 2.13. The Morgan fingerprint density at radius 1 is 1.36 bits per heavy atom. The minimum absolute atomic E-state index is 0.106. The van der Waals surface area contributed by atoms with Gasteiger partial charge in [-0.3, -0.25) is 0 Å². The third kappa shape index (κ3) is 1.62. The van der Waals surface area contributed by atoms with Crippen molar-refractivity contribution in [3.05, 3.63) is 29.3 Å². The average molecular weight is 192 g/mol. The van der Waals surface area contributed by atoms with Crippen molar-refractivity contribution in [1.29, 1.82) is 0 Å². The van der Waals surface area contributed by atoms with Gasteiger partial charge >= 0.3 is 0 Å². The second kappa shape index (κ2) is 3.62.